The predicted molar refractivity (Wildman–Crippen MR) is 104 cm³/mol. The molecule has 134 valence electrons. The Bertz CT molecular complexity index is 949. The topological polar surface area (TPSA) is 38.1 Å². The van der Waals surface area contributed by atoms with Gasteiger partial charge in [0.25, 0.3) is 0 Å². The van der Waals surface area contributed by atoms with Crippen LogP contribution >= 0.6 is 11.6 Å². The maximum atomic E-state index is 12.4. The van der Waals surface area contributed by atoms with Gasteiger partial charge in [-0.2, -0.15) is 0 Å². The number of carbonyl (C=O) groups excluding carboxylic acids is 1. The van der Waals surface area contributed by atoms with Gasteiger partial charge in [-0.1, -0.05) is 48.9 Å². The number of amides is 1. The van der Waals surface area contributed by atoms with E-state index in [0.29, 0.717) is 13.0 Å². The van der Waals surface area contributed by atoms with Crippen LogP contribution in [0.3, 0.4) is 0 Å². The minimum absolute atomic E-state index is 0.0392. The zero-order valence-electron chi connectivity index (χ0n) is 14.9. The van der Waals surface area contributed by atoms with Crippen LogP contribution in [0.4, 0.5) is 0 Å². The molecule has 1 fully saturated rings. The lowest BCUT2D eigenvalue weighted by Gasteiger charge is -2.25. The minimum atomic E-state index is 0.0392. The van der Waals surface area contributed by atoms with Crippen molar-refractivity contribution >= 4 is 28.5 Å². The van der Waals surface area contributed by atoms with E-state index in [-0.39, 0.29) is 11.9 Å². The molecule has 4 rings (SSSR count). The molecule has 0 N–H and O–H groups in total. The summed E-state index contributed by atoms with van der Waals surface area (Å²) in [6, 6.07) is 16.1. The SMILES string of the molecule is CCC(=O)N1CCC[C@H]1c1nc2ccccc2n1Cc1ccccc1Cl. The highest BCUT2D eigenvalue weighted by Crippen LogP contribution is 2.34. The average molecular weight is 368 g/mol. The van der Waals surface area contributed by atoms with Crippen molar-refractivity contribution in [3.05, 3.63) is 64.9 Å². The molecule has 1 atom stereocenters. The number of imidazole rings is 1. The largest absolute Gasteiger partial charge is 0.333 e. The number of rotatable bonds is 4. The summed E-state index contributed by atoms with van der Waals surface area (Å²) in [6.45, 7) is 3.39. The van der Waals surface area contributed by atoms with Crippen molar-refractivity contribution < 1.29 is 4.79 Å². The van der Waals surface area contributed by atoms with E-state index in [1.54, 1.807) is 0 Å². The van der Waals surface area contributed by atoms with Crippen LogP contribution < -0.4 is 0 Å². The molecule has 3 aromatic rings. The highest BCUT2D eigenvalue weighted by Gasteiger charge is 2.33. The third-order valence-corrected chi connectivity index (χ3v) is 5.51. The number of para-hydroxylation sites is 2. The quantitative estimate of drug-likeness (QED) is 0.663. The van der Waals surface area contributed by atoms with Gasteiger partial charge in [-0.25, -0.2) is 4.98 Å². The highest BCUT2D eigenvalue weighted by molar-refractivity contribution is 6.31. The van der Waals surface area contributed by atoms with Crippen LogP contribution in [-0.4, -0.2) is 26.9 Å². The highest BCUT2D eigenvalue weighted by atomic mass is 35.5. The van der Waals surface area contributed by atoms with Crippen molar-refractivity contribution in [2.75, 3.05) is 6.54 Å². The Morgan fingerprint density at radius 1 is 1.19 bits per heavy atom. The summed E-state index contributed by atoms with van der Waals surface area (Å²) < 4.78 is 2.22. The second-order valence-corrected chi connectivity index (χ2v) is 7.14. The Labute approximate surface area is 158 Å². The zero-order valence-corrected chi connectivity index (χ0v) is 15.6. The van der Waals surface area contributed by atoms with Gasteiger partial charge in [0.15, 0.2) is 0 Å². The number of fused-ring (bicyclic) bond motifs is 1. The molecule has 0 spiro atoms. The number of aromatic nitrogens is 2. The number of nitrogens with zero attached hydrogens (tertiary/aromatic N) is 3. The summed E-state index contributed by atoms with van der Waals surface area (Å²) in [4.78, 5) is 19.3. The van der Waals surface area contributed by atoms with Gasteiger partial charge in [0.05, 0.1) is 23.6 Å². The van der Waals surface area contributed by atoms with Crippen molar-refractivity contribution in [1.82, 2.24) is 14.5 Å². The number of hydrogen-bond donors (Lipinski definition) is 0. The molecule has 0 unspecified atom stereocenters. The Hall–Kier alpha value is -2.33. The Morgan fingerprint density at radius 3 is 2.77 bits per heavy atom. The van der Waals surface area contributed by atoms with Crippen LogP contribution in [0.2, 0.25) is 5.02 Å². The molecular weight excluding hydrogens is 346 g/mol. The minimum Gasteiger partial charge on any atom is -0.333 e. The molecule has 0 aliphatic carbocycles. The third kappa shape index (κ3) is 2.99. The second-order valence-electron chi connectivity index (χ2n) is 6.73. The Balaban J connectivity index is 1.82. The summed E-state index contributed by atoms with van der Waals surface area (Å²) in [5, 5.41) is 0.754. The van der Waals surface area contributed by atoms with Crippen LogP contribution in [0.25, 0.3) is 11.0 Å². The number of hydrogen-bond acceptors (Lipinski definition) is 2. The number of likely N-dealkylation sites (tertiary alicyclic amines) is 1. The Kier molecular flexibility index (Phi) is 4.68. The van der Waals surface area contributed by atoms with Crippen LogP contribution in [-0.2, 0) is 11.3 Å². The van der Waals surface area contributed by atoms with Crippen LogP contribution in [0.1, 0.15) is 43.6 Å². The fraction of sp³-hybridized carbons (Fsp3) is 0.333. The lowest BCUT2D eigenvalue weighted by atomic mass is 10.1. The third-order valence-electron chi connectivity index (χ3n) is 5.14. The van der Waals surface area contributed by atoms with Crippen molar-refractivity contribution in [3.63, 3.8) is 0 Å². The monoisotopic (exact) mass is 367 g/mol. The van der Waals surface area contributed by atoms with E-state index in [2.05, 4.69) is 10.6 Å². The second kappa shape index (κ2) is 7.12. The van der Waals surface area contributed by atoms with Crippen molar-refractivity contribution in [2.24, 2.45) is 0 Å². The molecule has 2 heterocycles. The van der Waals surface area contributed by atoms with Gasteiger partial charge < -0.3 is 9.47 Å². The number of carbonyl (C=O) groups is 1. The van der Waals surface area contributed by atoms with Gasteiger partial charge in [0, 0.05) is 18.0 Å². The predicted octanol–water partition coefficient (Wildman–Crippen LogP) is 4.81. The molecule has 26 heavy (non-hydrogen) atoms. The van der Waals surface area contributed by atoms with Crippen molar-refractivity contribution in [2.45, 2.75) is 38.8 Å². The molecular formula is C21H22ClN3O. The average Bonchev–Trinajstić information content (AvgIpc) is 3.28. The first kappa shape index (κ1) is 17.1. The van der Waals surface area contributed by atoms with Gasteiger partial charge in [-0.05, 0) is 36.6 Å². The summed E-state index contributed by atoms with van der Waals surface area (Å²) in [6.07, 6.45) is 2.50. The summed E-state index contributed by atoms with van der Waals surface area (Å²) in [5.74, 6) is 1.16. The first-order valence-electron chi connectivity index (χ1n) is 9.17. The first-order valence-corrected chi connectivity index (χ1v) is 9.55. The van der Waals surface area contributed by atoms with Crippen molar-refractivity contribution in [1.29, 1.82) is 0 Å². The summed E-state index contributed by atoms with van der Waals surface area (Å²) in [5.41, 5.74) is 3.11. The smallest absolute Gasteiger partial charge is 0.222 e. The van der Waals surface area contributed by atoms with Gasteiger partial charge in [0.2, 0.25) is 5.91 Å². The van der Waals surface area contributed by atoms with Gasteiger partial charge >= 0.3 is 0 Å². The molecule has 5 heteroatoms. The van der Waals surface area contributed by atoms with E-state index in [9.17, 15) is 4.79 Å². The lowest BCUT2D eigenvalue weighted by molar-refractivity contribution is -0.131. The van der Waals surface area contributed by atoms with Gasteiger partial charge in [0.1, 0.15) is 5.82 Å². The van der Waals surface area contributed by atoms with E-state index < -0.39 is 0 Å². The van der Waals surface area contributed by atoms with Crippen molar-refractivity contribution in [3.8, 4) is 0 Å². The van der Waals surface area contributed by atoms with E-state index in [1.807, 2.05) is 54.3 Å². The maximum Gasteiger partial charge on any atom is 0.222 e. The van der Waals surface area contributed by atoms with Gasteiger partial charge in [-0.15, -0.1) is 0 Å². The van der Waals surface area contributed by atoms with E-state index >= 15 is 0 Å². The van der Waals surface area contributed by atoms with E-state index in [1.165, 1.54) is 0 Å². The molecule has 0 radical (unpaired) electrons. The van der Waals surface area contributed by atoms with E-state index in [0.717, 1.165) is 46.8 Å². The number of halogens is 1. The molecule has 1 amide bonds. The molecule has 1 aromatic heterocycles. The zero-order chi connectivity index (χ0) is 18.1. The maximum absolute atomic E-state index is 12.4. The van der Waals surface area contributed by atoms with Crippen LogP contribution in [0.15, 0.2) is 48.5 Å². The Morgan fingerprint density at radius 2 is 1.96 bits per heavy atom. The lowest BCUT2D eigenvalue weighted by Crippen LogP contribution is -2.31. The summed E-state index contributed by atoms with van der Waals surface area (Å²) in [7, 11) is 0. The van der Waals surface area contributed by atoms with Gasteiger partial charge in [-0.3, -0.25) is 4.79 Å². The molecule has 1 saturated heterocycles. The number of benzene rings is 2. The fourth-order valence-electron chi connectivity index (χ4n) is 3.85. The molecule has 2 aromatic carbocycles. The molecule has 1 aliphatic heterocycles. The molecule has 1 aliphatic rings. The first-order chi connectivity index (χ1) is 12.7. The molecule has 0 saturated carbocycles. The van der Waals surface area contributed by atoms with E-state index in [4.69, 9.17) is 16.6 Å². The molecule has 4 nitrogen and oxygen atoms in total. The fourth-order valence-corrected chi connectivity index (χ4v) is 4.04. The van der Waals surface area contributed by atoms with Crippen LogP contribution in [0.5, 0.6) is 0 Å². The summed E-state index contributed by atoms with van der Waals surface area (Å²) >= 11 is 6.41. The normalized spacial score (nSPS) is 17.2. The standard InChI is InChI=1S/C21H22ClN3O/c1-2-20(26)24-13-7-12-19(24)21-23-17-10-5-6-11-18(17)25(21)14-15-8-3-4-9-16(15)22/h3-6,8-11,19H,2,7,12-14H2,1H3/t19-/m0/s1. The van der Waals surface area contributed by atoms with Crippen LogP contribution in [0, 0.1) is 0 Å². The molecule has 0 bridgehead atoms.